The van der Waals surface area contributed by atoms with Gasteiger partial charge in [-0.3, -0.25) is 9.59 Å². The first-order valence-corrected chi connectivity index (χ1v) is 7.73. The summed E-state index contributed by atoms with van der Waals surface area (Å²) in [6.45, 7) is 6.96. The molecule has 1 aliphatic rings. The summed E-state index contributed by atoms with van der Waals surface area (Å²) in [4.78, 5) is 38.6. The third-order valence-electron chi connectivity index (χ3n) is 3.94. The molecule has 0 aromatic heterocycles. The van der Waals surface area contributed by atoms with Crippen molar-refractivity contribution in [3.8, 4) is 0 Å². The van der Waals surface area contributed by atoms with E-state index in [4.69, 9.17) is 5.11 Å². The molecule has 24 heavy (non-hydrogen) atoms. The smallest absolute Gasteiger partial charge is 0.335 e. The van der Waals surface area contributed by atoms with E-state index in [1.807, 2.05) is 20.8 Å². The van der Waals surface area contributed by atoms with Crippen molar-refractivity contribution in [2.45, 2.75) is 20.8 Å². The Kier molecular flexibility index (Phi) is 4.91. The average molecular weight is 336 g/mol. The highest BCUT2D eigenvalue weighted by Gasteiger charge is 2.31. The minimum absolute atomic E-state index is 0.0200. The number of rotatable bonds is 2. The normalized spacial score (nSPS) is 15.3. The minimum atomic E-state index is -1.25. The highest BCUT2D eigenvalue weighted by atomic mass is 19.1. The molecular formula is C17H21FN2O4. The number of nitrogens with zero attached hydrogens (tertiary/aromatic N) is 2. The van der Waals surface area contributed by atoms with Gasteiger partial charge in [0, 0.05) is 31.6 Å². The van der Waals surface area contributed by atoms with Gasteiger partial charge in [-0.2, -0.15) is 0 Å². The lowest BCUT2D eigenvalue weighted by molar-refractivity contribution is -0.140. The number of carbonyl (C=O) groups excluding carboxylic acids is 2. The molecule has 0 unspecified atom stereocenters. The molecule has 1 aromatic carbocycles. The third kappa shape index (κ3) is 3.72. The van der Waals surface area contributed by atoms with E-state index in [9.17, 15) is 18.8 Å². The van der Waals surface area contributed by atoms with Crippen molar-refractivity contribution in [3.63, 3.8) is 0 Å². The van der Waals surface area contributed by atoms with Gasteiger partial charge in [0.25, 0.3) is 5.91 Å². The van der Waals surface area contributed by atoms with Crippen LogP contribution in [-0.2, 0) is 4.79 Å². The molecular weight excluding hydrogens is 315 g/mol. The van der Waals surface area contributed by atoms with Crippen LogP contribution in [0, 0.1) is 11.2 Å². The molecule has 1 fully saturated rings. The van der Waals surface area contributed by atoms with Crippen molar-refractivity contribution >= 4 is 17.8 Å². The molecule has 7 heteroatoms. The van der Waals surface area contributed by atoms with Gasteiger partial charge in [-0.1, -0.05) is 20.8 Å². The minimum Gasteiger partial charge on any atom is -0.478 e. The van der Waals surface area contributed by atoms with Gasteiger partial charge in [0.05, 0.1) is 11.1 Å². The van der Waals surface area contributed by atoms with Crippen molar-refractivity contribution in [1.82, 2.24) is 9.80 Å². The molecule has 1 N–H and O–H groups in total. The Morgan fingerprint density at radius 1 is 1.04 bits per heavy atom. The van der Waals surface area contributed by atoms with Gasteiger partial charge in [-0.05, 0) is 18.2 Å². The standard InChI is InChI=1S/C17H21FN2O4/c1-17(2,3)16(24)20-8-6-19(7-9-20)14(21)12-5-4-11(15(22)23)10-13(12)18/h4-5,10H,6-9H2,1-3H3,(H,22,23). The molecule has 2 amide bonds. The number of halogens is 1. The van der Waals surface area contributed by atoms with Crippen molar-refractivity contribution < 1.29 is 23.9 Å². The van der Waals surface area contributed by atoms with Gasteiger partial charge in [-0.15, -0.1) is 0 Å². The molecule has 1 saturated heterocycles. The number of hydrogen-bond acceptors (Lipinski definition) is 3. The highest BCUT2D eigenvalue weighted by Crippen LogP contribution is 2.20. The van der Waals surface area contributed by atoms with E-state index in [-0.39, 0.29) is 17.0 Å². The van der Waals surface area contributed by atoms with Crippen LogP contribution in [0.4, 0.5) is 4.39 Å². The summed E-state index contributed by atoms with van der Waals surface area (Å²) < 4.78 is 14.0. The van der Waals surface area contributed by atoms with Gasteiger partial charge in [0.1, 0.15) is 5.82 Å². The topological polar surface area (TPSA) is 77.9 Å². The second-order valence-corrected chi connectivity index (χ2v) is 6.83. The fraction of sp³-hybridized carbons (Fsp3) is 0.471. The molecule has 0 atom stereocenters. The Morgan fingerprint density at radius 3 is 2.04 bits per heavy atom. The van der Waals surface area contributed by atoms with Crippen LogP contribution in [0.15, 0.2) is 18.2 Å². The van der Waals surface area contributed by atoms with Crippen molar-refractivity contribution in [2.75, 3.05) is 26.2 Å². The number of benzene rings is 1. The first-order valence-electron chi connectivity index (χ1n) is 7.73. The zero-order valence-corrected chi connectivity index (χ0v) is 14.0. The molecule has 0 spiro atoms. The molecule has 130 valence electrons. The Bertz CT molecular complexity index is 674. The van der Waals surface area contributed by atoms with Crippen LogP contribution < -0.4 is 0 Å². The van der Waals surface area contributed by atoms with Crippen LogP contribution in [0.2, 0.25) is 0 Å². The van der Waals surface area contributed by atoms with E-state index in [0.717, 1.165) is 6.07 Å². The number of carbonyl (C=O) groups is 3. The number of amides is 2. The number of hydrogen-bond donors (Lipinski definition) is 1. The first-order chi connectivity index (χ1) is 11.1. The summed E-state index contributed by atoms with van der Waals surface area (Å²) in [6.07, 6.45) is 0. The van der Waals surface area contributed by atoms with Crippen LogP contribution in [-0.4, -0.2) is 58.9 Å². The first kappa shape index (κ1) is 17.9. The van der Waals surface area contributed by atoms with Crippen molar-refractivity contribution in [3.05, 3.63) is 35.1 Å². The Hall–Kier alpha value is -2.44. The Labute approximate surface area is 139 Å². The molecule has 0 bridgehead atoms. The van der Waals surface area contributed by atoms with Crippen LogP contribution >= 0.6 is 0 Å². The zero-order chi connectivity index (χ0) is 18.1. The average Bonchev–Trinajstić information content (AvgIpc) is 2.52. The molecule has 2 rings (SSSR count). The maximum atomic E-state index is 14.0. The predicted molar refractivity (Wildman–Crippen MR) is 85.3 cm³/mol. The van der Waals surface area contributed by atoms with E-state index in [2.05, 4.69) is 0 Å². The maximum Gasteiger partial charge on any atom is 0.335 e. The van der Waals surface area contributed by atoms with Gasteiger partial charge in [0.2, 0.25) is 5.91 Å². The second-order valence-electron chi connectivity index (χ2n) is 6.83. The Balaban J connectivity index is 2.06. The van der Waals surface area contributed by atoms with E-state index in [1.54, 1.807) is 4.90 Å². The number of carboxylic acids is 1. The fourth-order valence-electron chi connectivity index (χ4n) is 2.58. The predicted octanol–water partition coefficient (Wildman–Crippen LogP) is 1.85. The molecule has 1 aliphatic heterocycles. The van der Waals surface area contributed by atoms with Gasteiger partial charge in [0.15, 0.2) is 0 Å². The number of carboxylic acid groups (broad SMARTS) is 1. The van der Waals surface area contributed by atoms with E-state index in [1.165, 1.54) is 17.0 Å². The van der Waals surface area contributed by atoms with Crippen LogP contribution in [0.25, 0.3) is 0 Å². The number of aromatic carboxylic acids is 1. The summed E-state index contributed by atoms with van der Waals surface area (Å²) in [5.74, 6) is -2.57. The fourth-order valence-corrected chi connectivity index (χ4v) is 2.58. The monoisotopic (exact) mass is 336 g/mol. The van der Waals surface area contributed by atoms with Crippen LogP contribution in [0.1, 0.15) is 41.5 Å². The SMILES string of the molecule is CC(C)(C)C(=O)N1CCN(C(=O)c2ccc(C(=O)O)cc2F)CC1. The Morgan fingerprint density at radius 2 is 1.58 bits per heavy atom. The quantitative estimate of drug-likeness (QED) is 0.894. The lowest BCUT2D eigenvalue weighted by Gasteiger charge is -2.37. The summed E-state index contributed by atoms with van der Waals surface area (Å²) >= 11 is 0. The summed E-state index contributed by atoms with van der Waals surface area (Å²) in [7, 11) is 0. The van der Waals surface area contributed by atoms with Crippen LogP contribution in [0.5, 0.6) is 0 Å². The lowest BCUT2D eigenvalue weighted by Crippen LogP contribution is -2.53. The van der Waals surface area contributed by atoms with Crippen molar-refractivity contribution in [1.29, 1.82) is 0 Å². The third-order valence-corrected chi connectivity index (χ3v) is 3.94. The molecule has 0 radical (unpaired) electrons. The van der Waals surface area contributed by atoms with Crippen molar-refractivity contribution in [2.24, 2.45) is 5.41 Å². The number of piperazine rings is 1. The summed E-state index contributed by atoms with van der Waals surface area (Å²) in [6, 6.07) is 3.24. The largest absolute Gasteiger partial charge is 0.478 e. The maximum absolute atomic E-state index is 14.0. The van der Waals surface area contributed by atoms with Gasteiger partial charge < -0.3 is 14.9 Å². The molecule has 0 aliphatic carbocycles. The summed E-state index contributed by atoms with van der Waals surface area (Å²) in [5, 5.41) is 8.83. The van der Waals surface area contributed by atoms with Gasteiger partial charge in [-0.25, -0.2) is 9.18 Å². The van der Waals surface area contributed by atoms with Gasteiger partial charge >= 0.3 is 5.97 Å². The molecule has 1 aromatic rings. The van der Waals surface area contributed by atoms with Crippen LogP contribution in [0.3, 0.4) is 0 Å². The van der Waals surface area contributed by atoms with E-state index >= 15 is 0 Å². The molecule has 1 heterocycles. The lowest BCUT2D eigenvalue weighted by atomic mass is 9.94. The highest BCUT2D eigenvalue weighted by molar-refractivity contribution is 5.96. The van der Waals surface area contributed by atoms with E-state index < -0.39 is 23.1 Å². The molecule has 0 saturated carbocycles. The summed E-state index contributed by atoms with van der Waals surface area (Å²) in [5.41, 5.74) is -0.842. The molecule has 6 nitrogen and oxygen atoms in total. The van der Waals surface area contributed by atoms with E-state index in [0.29, 0.717) is 26.2 Å². The zero-order valence-electron chi connectivity index (χ0n) is 14.0. The second kappa shape index (κ2) is 6.59.